The Labute approximate surface area is 251 Å². The van der Waals surface area contributed by atoms with Gasteiger partial charge in [-0.3, -0.25) is 0 Å². The quantitative estimate of drug-likeness (QED) is 0.0959. The Morgan fingerprint density at radius 2 is 0.884 bits per heavy atom. The molecule has 0 aliphatic heterocycles. The minimum atomic E-state index is -4.22. The highest BCUT2D eigenvalue weighted by molar-refractivity contribution is 7.89. The maximum Gasteiger partial charge on any atom is 0.337 e. The van der Waals surface area contributed by atoms with Gasteiger partial charge in [-0.2, -0.15) is 8.42 Å². The first-order valence-corrected chi connectivity index (χ1v) is 15.2. The van der Waals surface area contributed by atoms with Crippen LogP contribution in [0.2, 0.25) is 0 Å². The second-order valence-corrected chi connectivity index (χ2v) is 12.4. The highest BCUT2D eigenvalue weighted by atomic mass is 32.2. The van der Waals surface area contributed by atoms with Crippen molar-refractivity contribution in [3.05, 3.63) is 136 Å². The number of carbonyl (C=O) groups is 3. The molecule has 0 spiro atoms. The molecule has 0 fully saturated rings. The monoisotopic (exact) mass is 620 g/mol. The van der Waals surface area contributed by atoms with Crippen LogP contribution in [-0.4, -0.2) is 47.7 Å². The lowest BCUT2D eigenvalue weighted by Gasteiger charge is -2.35. The van der Waals surface area contributed by atoms with E-state index in [4.69, 9.17) is 18.2 Å². The first-order chi connectivity index (χ1) is 20.5. The van der Waals surface area contributed by atoms with E-state index in [-0.39, 0.29) is 4.90 Å². The van der Waals surface area contributed by atoms with E-state index < -0.39 is 42.0 Å². The molecule has 0 amide bonds. The van der Waals surface area contributed by atoms with Crippen LogP contribution >= 0.6 is 8.81 Å². The molecule has 4 aromatic carbocycles. The van der Waals surface area contributed by atoms with E-state index in [1.807, 2.05) is 6.92 Å². The fourth-order valence-corrected chi connectivity index (χ4v) is 7.12. The number of hydrogen-bond donors (Lipinski definition) is 0. The van der Waals surface area contributed by atoms with Gasteiger partial charge in [0.25, 0.3) is 10.1 Å². The van der Waals surface area contributed by atoms with Crippen molar-refractivity contribution < 1.29 is 41.0 Å². The molecule has 1 atom stereocenters. The maximum absolute atomic E-state index is 13.4. The highest BCUT2D eigenvalue weighted by Crippen LogP contribution is 2.54. The summed E-state index contributed by atoms with van der Waals surface area (Å²) in [5.41, 5.74) is 3.49. The fourth-order valence-electron chi connectivity index (χ4n) is 4.47. The SMILES string of the molecule is COC(=O)c1ccc(C(POS(=O)(=O)c2ccc(C)cc2)(c2ccc(C(=O)OC)cc2)c2ccc(C(=O)OC)cc2)cc1. The third kappa shape index (κ3) is 6.67. The topological polar surface area (TPSA) is 122 Å². The number of rotatable bonds is 10. The summed E-state index contributed by atoms with van der Waals surface area (Å²) in [6, 6.07) is 25.8. The van der Waals surface area contributed by atoms with Crippen molar-refractivity contribution in [1.82, 2.24) is 0 Å². The van der Waals surface area contributed by atoms with E-state index in [0.29, 0.717) is 33.4 Å². The number of aryl methyl sites for hydroxylation is 1. The van der Waals surface area contributed by atoms with Crippen molar-refractivity contribution in [3.63, 3.8) is 0 Å². The molecule has 4 rings (SSSR count). The van der Waals surface area contributed by atoms with Gasteiger partial charge in [-0.25, -0.2) is 18.4 Å². The van der Waals surface area contributed by atoms with Crippen molar-refractivity contribution in [2.24, 2.45) is 0 Å². The third-order valence-corrected chi connectivity index (χ3v) is 10.1. The van der Waals surface area contributed by atoms with Crippen LogP contribution in [0.15, 0.2) is 102 Å². The van der Waals surface area contributed by atoms with E-state index in [1.165, 1.54) is 33.5 Å². The number of ether oxygens (including phenoxy) is 3. The van der Waals surface area contributed by atoms with Crippen LogP contribution < -0.4 is 0 Å². The molecule has 9 nitrogen and oxygen atoms in total. The average Bonchev–Trinajstić information content (AvgIpc) is 3.05. The average molecular weight is 621 g/mol. The van der Waals surface area contributed by atoms with Crippen LogP contribution in [0.5, 0.6) is 0 Å². The zero-order chi connectivity index (χ0) is 31.2. The zero-order valence-electron chi connectivity index (χ0n) is 23.8. The number of carbonyl (C=O) groups excluding carboxylic acids is 3. The second kappa shape index (κ2) is 13.3. The van der Waals surface area contributed by atoms with Gasteiger partial charge in [-0.15, -0.1) is 0 Å². The van der Waals surface area contributed by atoms with Crippen molar-refractivity contribution in [2.45, 2.75) is 17.0 Å². The van der Waals surface area contributed by atoms with E-state index >= 15 is 0 Å². The van der Waals surface area contributed by atoms with Gasteiger partial charge in [-0.05, 0) is 72.1 Å². The van der Waals surface area contributed by atoms with Gasteiger partial charge in [0.05, 0.1) is 56.9 Å². The van der Waals surface area contributed by atoms with Gasteiger partial charge in [0.2, 0.25) is 0 Å². The third-order valence-electron chi connectivity index (χ3n) is 6.83. The minimum absolute atomic E-state index is 0.0115. The van der Waals surface area contributed by atoms with E-state index in [0.717, 1.165) is 5.56 Å². The van der Waals surface area contributed by atoms with Crippen LogP contribution in [0.1, 0.15) is 53.3 Å². The Bertz CT molecular complexity index is 1570. The fraction of sp³-hybridized carbons (Fsp3) is 0.156. The number of esters is 3. The molecular formula is C32H29O9PS. The summed E-state index contributed by atoms with van der Waals surface area (Å²) in [7, 11) is -1.16. The lowest BCUT2D eigenvalue weighted by atomic mass is 9.83. The minimum Gasteiger partial charge on any atom is -0.465 e. The molecule has 11 heteroatoms. The molecule has 0 bridgehead atoms. The Morgan fingerprint density at radius 1 is 0.558 bits per heavy atom. The highest BCUT2D eigenvalue weighted by Gasteiger charge is 2.40. The first-order valence-electron chi connectivity index (χ1n) is 12.9. The van der Waals surface area contributed by atoms with Crippen LogP contribution in [0, 0.1) is 6.92 Å². The van der Waals surface area contributed by atoms with Gasteiger partial charge in [0, 0.05) is 0 Å². The first kappa shape index (κ1) is 31.6. The van der Waals surface area contributed by atoms with Crippen LogP contribution in [0.4, 0.5) is 0 Å². The molecule has 222 valence electrons. The lowest BCUT2D eigenvalue weighted by Crippen LogP contribution is -2.26. The Balaban J connectivity index is 1.95. The largest absolute Gasteiger partial charge is 0.465 e. The molecule has 0 saturated carbocycles. The van der Waals surface area contributed by atoms with Gasteiger partial charge in [0.1, 0.15) is 0 Å². The molecule has 0 aliphatic carbocycles. The van der Waals surface area contributed by atoms with Crippen molar-refractivity contribution in [2.75, 3.05) is 21.3 Å². The summed E-state index contributed by atoms with van der Waals surface area (Å²) in [6.07, 6.45) is 0. The standard InChI is InChI=1S/C32H29O9PS/c1-21-5-19-28(20-6-21)43(36,37)41-42-32(25-13-7-22(8-14-25)29(33)38-2,26-15-9-23(10-16-26)30(34)39-3)27-17-11-24(12-18-27)31(35)40-4/h5-20,42H,1-4H3. The van der Waals surface area contributed by atoms with E-state index in [2.05, 4.69) is 0 Å². The van der Waals surface area contributed by atoms with Crippen LogP contribution in [0.3, 0.4) is 0 Å². The van der Waals surface area contributed by atoms with Crippen molar-refractivity contribution in [3.8, 4) is 0 Å². The number of hydrogen-bond acceptors (Lipinski definition) is 9. The molecular weight excluding hydrogens is 591 g/mol. The van der Waals surface area contributed by atoms with E-state index in [9.17, 15) is 22.8 Å². The second-order valence-electron chi connectivity index (χ2n) is 9.41. The van der Waals surface area contributed by atoms with Gasteiger partial charge in [0.15, 0.2) is 0 Å². The molecule has 1 unspecified atom stereocenters. The molecule has 4 aromatic rings. The summed E-state index contributed by atoms with van der Waals surface area (Å²) in [5.74, 6) is -1.62. The Morgan fingerprint density at radius 3 is 1.19 bits per heavy atom. The summed E-state index contributed by atoms with van der Waals surface area (Å²) < 4.78 is 47.2. The van der Waals surface area contributed by atoms with Gasteiger partial charge >= 0.3 is 17.9 Å². The number of methoxy groups -OCH3 is 3. The lowest BCUT2D eigenvalue weighted by molar-refractivity contribution is 0.0592. The van der Waals surface area contributed by atoms with Crippen LogP contribution in [-0.2, 0) is 33.5 Å². The molecule has 0 aliphatic rings. The predicted molar refractivity (Wildman–Crippen MR) is 161 cm³/mol. The van der Waals surface area contributed by atoms with Gasteiger partial charge < -0.3 is 14.2 Å². The molecule has 0 radical (unpaired) electrons. The smallest absolute Gasteiger partial charge is 0.337 e. The molecule has 0 aromatic heterocycles. The summed E-state index contributed by atoms with van der Waals surface area (Å²) in [4.78, 5) is 36.6. The normalized spacial score (nSPS) is 11.7. The maximum atomic E-state index is 13.4. The summed E-state index contributed by atoms with van der Waals surface area (Å²) in [6.45, 7) is 1.85. The number of benzene rings is 4. The summed E-state index contributed by atoms with van der Waals surface area (Å²) in [5, 5.41) is -1.28. The Kier molecular flexibility index (Phi) is 9.76. The van der Waals surface area contributed by atoms with Gasteiger partial charge in [-0.1, -0.05) is 54.1 Å². The van der Waals surface area contributed by atoms with Crippen LogP contribution in [0.25, 0.3) is 0 Å². The molecule has 0 N–H and O–H groups in total. The molecule has 43 heavy (non-hydrogen) atoms. The van der Waals surface area contributed by atoms with E-state index in [1.54, 1.807) is 84.9 Å². The molecule has 0 saturated heterocycles. The molecule has 0 heterocycles. The summed E-state index contributed by atoms with van der Waals surface area (Å²) >= 11 is 0. The van der Waals surface area contributed by atoms with Crippen molar-refractivity contribution in [1.29, 1.82) is 0 Å². The predicted octanol–water partition coefficient (Wildman–Crippen LogP) is 5.65. The van der Waals surface area contributed by atoms with Crippen molar-refractivity contribution >= 4 is 36.8 Å². The Hall–Kier alpha value is -4.37. The zero-order valence-corrected chi connectivity index (χ0v) is 25.6.